The monoisotopic (exact) mass is 254 g/mol. The van der Waals surface area contributed by atoms with E-state index in [1.54, 1.807) is 0 Å². The standard InChI is InChI=1S/C14H22O4/c1-4-7-10-9-6-14(3,13(15)16)12(18-9)11(10)8(5-2)17-7/h7-12H,4-6H2,1-3H3,(H,15,16). The predicted molar refractivity (Wildman–Crippen MR) is 65.2 cm³/mol. The summed E-state index contributed by atoms with van der Waals surface area (Å²) in [5.74, 6) is -0.0274. The van der Waals surface area contributed by atoms with E-state index in [9.17, 15) is 9.90 Å². The van der Waals surface area contributed by atoms with Crippen molar-refractivity contribution in [3.63, 3.8) is 0 Å². The van der Waals surface area contributed by atoms with Crippen molar-refractivity contribution >= 4 is 5.97 Å². The second kappa shape index (κ2) is 3.94. The van der Waals surface area contributed by atoms with Crippen LogP contribution in [0.25, 0.3) is 0 Å². The quantitative estimate of drug-likeness (QED) is 0.837. The van der Waals surface area contributed by atoms with Gasteiger partial charge >= 0.3 is 5.97 Å². The summed E-state index contributed by atoms with van der Waals surface area (Å²) in [6.45, 7) is 6.09. The number of hydrogen-bond donors (Lipinski definition) is 1. The first-order valence-corrected chi connectivity index (χ1v) is 7.07. The highest BCUT2D eigenvalue weighted by Crippen LogP contribution is 2.59. The van der Waals surface area contributed by atoms with Crippen LogP contribution in [0.5, 0.6) is 0 Å². The molecule has 4 nitrogen and oxygen atoms in total. The maximum absolute atomic E-state index is 11.5. The van der Waals surface area contributed by atoms with E-state index in [0.29, 0.717) is 12.3 Å². The number of ether oxygens (including phenoxy) is 2. The number of carboxylic acid groups (broad SMARTS) is 1. The van der Waals surface area contributed by atoms with Crippen LogP contribution < -0.4 is 0 Å². The molecule has 0 aliphatic carbocycles. The molecule has 1 N–H and O–H groups in total. The van der Waals surface area contributed by atoms with Crippen LogP contribution >= 0.6 is 0 Å². The molecule has 3 fully saturated rings. The second-order valence-corrected chi connectivity index (χ2v) is 6.21. The first kappa shape index (κ1) is 12.4. The number of carbonyl (C=O) groups is 1. The van der Waals surface area contributed by atoms with Crippen LogP contribution in [0.15, 0.2) is 0 Å². The van der Waals surface area contributed by atoms with Crippen LogP contribution in [-0.4, -0.2) is 35.5 Å². The van der Waals surface area contributed by atoms with Crippen LogP contribution in [0, 0.1) is 17.3 Å². The van der Waals surface area contributed by atoms with E-state index in [0.717, 1.165) is 12.8 Å². The summed E-state index contributed by atoms with van der Waals surface area (Å²) < 4.78 is 12.1. The zero-order valence-corrected chi connectivity index (χ0v) is 11.3. The fourth-order valence-electron chi connectivity index (χ4n) is 4.39. The molecule has 7 atom stereocenters. The minimum Gasteiger partial charge on any atom is -0.481 e. The molecule has 0 radical (unpaired) electrons. The Morgan fingerprint density at radius 1 is 1.22 bits per heavy atom. The Labute approximate surface area is 108 Å². The van der Waals surface area contributed by atoms with Gasteiger partial charge in [-0.3, -0.25) is 4.79 Å². The van der Waals surface area contributed by atoms with Crippen LogP contribution in [0.1, 0.15) is 40.0 Å². The van der Waals surface area contributed by atoms with Crippen LogP contribution in [0.3, 0.4) is 0 Å². The number of fused-ring (bicyclic) bond motifs is 5. The molecule has 0 spiro atoms. The average molecular weight is 254 g/mol. The fourth-order valence-corrected chi connectivity index (χ4v) is 4.39. The molecule has 0 aromatic rings. The van der Waals surface area contributed by atoms with Gasteiger partial charge in [0.1, 0.15) is 0 Å². The van der Waals surface area contributed by atoms with E-state index >= 15 is 0 Å². The lowest BCUT2D eigenvalue weighted by Gasteiger charge is -2.35. The summed E-state index contributed by atoms with van der Waals surface area (Å²) in [6, 6.07) is 0. The summed E-state index contributed by atoms with van der Waals surface area (Å²) in [7, 11) is 0. The predicted octanol–water partition coefficient (Wildman–Crippen LogP) is 2.07. The molecule has 0 amide bonds. The average Bonchev–Trinajstić information content (AvgIpc) is 2.96. The first-order valence-electron chi connectivity index (χ1n) is 7.07. The second-order valence-electron chi connectivity index (χ2n) is 6.21. The zero-order valence-electron chi connectivity index (χ0n) is 11.3. The minimum absolute atomic E-state index is 0.0857. The molecule has 2 bridgehead atoms. The Kier molecular flexibility index (Phi) is 2.72. The van der Waals surface area contributed by atoms with Crippen molar-refractivity contribution in [1.29, 1.82) is 0 Å². The Morgan fingerprint density at radius 2 is 1.83 bits per heavy atom. The van der Waals surface area contributed by atoms with Gasteiger partial charge in [-0.1, -0.05) is 13.8 Å². The molecule has 102 valence electrons. The molecule has 3 aliphatic rings. The van der Waals surface area contributed by atoms with Crippen LogP contribution in [0.2, 0.25) is 0 Å². The molecule has 7 unspecified atom stereocenters. The third kappa shape index (κ3) is 1.36. The zero-order chi connectivity index (χ0) is 13.1. The summed E-state index contributed by atoms with van der Waals surface area (Å²) in [5, 5.41) is 9.48. The van der Waals surface area contributed by atoms with Gasteiger partial charge in [0, 0.05) is 11.8 Å². The van der Waals surface area contributed by atoms with E-state index in [1.165, 1.54) is 0 Å². The van der Waals surface area contributed by atoms with E-state index in [4.69, 9.17) is 9.47 Å². The molecular formula is C14H22O4. The Balaban J connectivity index is 1.92. The highest BCUT2D eigenvalue weighted by atomic mass is 16.5. The molecule has 3 aliphatic heterocycles. The Hall–Kier alpha value is -0.610. The van der Waals surface area contributed by atoms with Crippen molar-refractivity contribution in [2.75, 3.05) is 0 Å². The van der Waals surface area contributed by atoms with Gasteiger partial charge in [0.15, 0.2) is 0 Å². The fraction of sp³-hybridized carbons (Fsp3) is 0.929. The van der Waals surface area contributed by atoms with Gasteiger partial charge in [-0.25, -0.2) is 0 Å². The number of aliphatic carboxylic acids is 1. The maximum Gasteiger partial charge on any atom is 0.312 e. The molecule has 0 aromatic carbocycles. The number of carboxylic acids is 1. The van der Waals surface area contributed by atoms with Crippen molar-refractivity contribution in [3.05, 3.63) is 0 Å². The number of hydrogen-bond acceptors (Lipinski definition) is 3. The van der Waals surface area contributed by atoms with Crippen molar-refractivity contribution in [2.24, 2.45) is 17.3 Å². The Morgan fingerprint density at radius 3 is 2.39 bits per heavy atom. The molecule has 3 heterocycles. The Bertz CT molecular complexity index is 369. The van der Waals surface area contributed by atoms with E-state index in [2.05, 4.69) is 13.8 Å². The molecule has 0 aromatic heterocycles. The number of rotatable bonds is 3. The SMILES string of the molecule is CCC1OC(CC)C2C1C1CC(C)(C(=O)O)C2O1. The lowest BCUT2D eigenvalue weighted by atomic mass is 9.64. The van der Waals surface area contributed by atoms with Gasteiger partial charge in [0.2, 0.25) is 0 Å². The molecular weight excluding hydrogens is 232 g/mol. The van der Waals surface area contributed by atoms with Crippen LogP contribution in [-0.2, 0) is 14.3 Å². The maximum atomic E-state index is 11.5. The van der Waals surface area contributed by atoms with E-state index in [-0.39, 0.29) is 30.3 Å². The van der Waals surface area contributed by atoms with Crippen molar-refractivity contribution in [1.82, 2.24) is 0 Å². The summed E-state index contributed by atoms with van der Waals surface area (Å²) in [5.41, 5.74) is -0.717. The van der Waals surface area contributed by atoms with Gasteiger partial charge in [-0.2, -0.15) is 0 Å². The van der Waals surface area contributed by atoms with Gasteiger partial charge in [0.25, 0.3) is 0 Å². The third-order valence-electron chi connectivity index (χ3n) is 5.30. The third-order valence-corrected chi connectivity index (χ3v) is 5.30. The van der Waals surface area contributed by atoms with Crippen LogP contribution in [0.4, 0.5) is 0 Å². The molecule has 18 heavy (non-hydrogen) atoms. The normalized spacial score (nSPS) is 53.7. The lowest BCUT2D eigenvalue weighted by Crippen LogP contribution is -2.47. The largest absolute Gasteiger partial charge is 0.481 e. The highest BCUT2D eigenvalue weighted by molar-refractivity contribution is 5.76. The van der Waals surface area contributed by atoms with Gasteiger partial charge < -0.3 is 14.6 Å². The lowest BCUT2D eigenvalue weighted by molar-refractivity contribution is -0.153. The molecule has 3 rings (SSSR count). The van der Waals surface area contributed by atoms with Gasteiger partial charge in [-0.05, 0) is 26.2 Å². The van der Waals surface area contributed by atoms with Crippen molar-refractivity contribution < 1.29 is 19.4 Å². The van der Waals surface area contributed by atoms with Gasteiger partial charge in [0.05, 0.1) is 29.8 Å². The minimum atomic E-state index is -0.719. The highest BCUT2D eigenvalue weighted by Gasteiger charge is 2.68. The summed E-state index contributed by atoms with van der Waals surface area (Å²) in [6.07, 6.45) is 2.94. The summed E-state index contributed by atoms with van der Waals surface area (Å²) in [4.78, 5) is 11.5. The molecule has 0 saturated carbocycles. The smallest absolute Gasteiger partial charge is 0.312 e. The van der Waals surface area contributed by atoms with Crippen molar-refractivity contribution in [2.45, 2.75) is 64.4 Å². The van der Waals surface area contributed by atoms with Gasteiger partial charge in [-0.15, -0.1) is 0 Å². The van der Waals surface area contributed by atoms with E-state index in [1.807, 2.05) is 6.92 Å². The topological polar surface area (TPSA) is 55.8 Å². The summed E-state index contributed by atoms with van der Waals surface area (Å²) >= 11 is 0. The van der Waals surface area contributed by atoms with E-state index < -0.39 is 11.4 Å². The molecule has 3 saturated heterocycles. The van der Waals surface area contributed by atoms with Crippen molar-refractivity contribution in [3.8, 4) is 0 Å². The molecule has 4 heteroatoms. The first-order chi connectivity index (χ1) is 8.52.